The summed E-state index contributed by atoms with van der Waals surface area (Å²) >= 11 is 0. The summed E-state index contributed by atoms with van der Waals surface area (Å²) in [5.41, 5.74) is 1.36. The number of nitrogens with zero attached hydrogens (tertiary/aromatic N) is 1. The molecule has 0 amide bonds. The fraction of sp³-hybridized carbons (Fsp3) is 0.647. The van der Waals surface area contributed by atoms with Crippen molar-refractivity contribution >= 4 is 0 Å². The summed E-state index contributed by atoms with van der Waals surface area (Å²) in [4.78, 5) is 2.53. The molecule has 0 radical (unpaired) electrons. The van der Waals surface area contributed by atoms with Crippen LogP contribution in [0.2, 0.25) is 0 Å². The van der Waals surface area contributed by atoms with E-state index in [1.807, 2.05) is 0 Å². The van der Waals surface area contributed by atoms with Crippen LogP contribution in [0.5, 0.6) is 5.75 Å². The highest BCUT2D eigenvalue weighted by Gasteiger charge is 2.15. The Morgan fingerprint density at radius 3 is 3.00 bits per heavy atom. The van der Waals surface area contributed by atoms with Gasteiger partial charge < -0.3 is 19.7 Å². The number of hydrogen-bond acceptors (Lipinski definition) is 4. The standard InChI is InChI=1S/C17H26N2O2/c1-3-15(6-9-19-10-7-18-8-11-19)13-16(4-1)21-17-5-2-12-20-14-17/h1,3-4,13,17-18H,2,5-12,14H2. The Balaban J connectivity index is 1.50. The van der Waals surface area contributed by atoms with Crippen molar-refractivity contribution in [1.29, 1.82) is 0 Å². The molecule has 1 aromatic carbocycles. The Bertz CT molecular complexity index is 427. The van der Waals surface area contributed by atoms with Gasteiger partial charge in [-0.2, -0.15) is 0 Å². The first-order chi connectivity index (χ1) is 10.4. The largest absolute Gasteiger partial charge is 0.488 e. The lowest BCUT2D eigenvalue weighted by Crippen LogP contribution is -2.44. The maximum absolute atomic E-state index is 6.04. The van der Waals surface area contributed by atoms with E-state index in [9.17, 15) is 0 Å². The fourth-order valence-corrected chi connectivity index (χ4v) is 2.99. The monoisotopic (exact) mass is 290 g/mol. The van der Waals surface area contributed by atoms with Crippen molar-refractivity contribution in [3.05, 3.63) is 29.8 Å². The summed E-state index contributed by atoms with van der Waals surface area (Å²) in [5.74, 6) is 0.989. The molecule has 2 aliphatic heterocycles. The molecule has 4 nitrogen and oxygen atoms in total. The highest BCUT2D eigenvalue weighted by Crippen LogP contribution is 2.19. The second kappa shape index (κ2) is 7.78. The summed E-state index contributed by atoms with van der Waals surface area (Å²) in [6, 6.07) is 8.55. The smallest absolute Gasteiger partial charge is 0.122 e. The summed E-state index contributed by atoms with van der Waals surface area (Å²) in [5, 5.41) is 3.39. The van der Waals surface area contributed by atoms with Gasteiger partial charge in [-0.05, 0) is 37.0 Å². The summed E-state index contributed by atoms with van der Waals surface area (Å²) in [6.45, 7) is 7.30. The quantitative estimate of drug-likeness (QED) is 0.895. The van der Waals surface area contributed by atoms with E-state index >= 15 is 0 Å². The van der Waals surface area contributed by atoms with Crippen LogP contribution in [0.1, 0.15) is 18.4 Å². The van der Waals surface area contributed by atoms with Crippen molar-refractivity contribution in [3.8, 4) is 5.75 Å². The first-order valence-electron chi connectivity index (χ1n) is 8.16. The molecule has 0 aliphatic carbocycles. The third-order valence-corrected chi connectivity index (χ3v) is 4.25. The molecule has 0 saturated carbocycles. The zero-order chi connectivity index (χ0) is 14.3. The average Bonchev–Trinajstić information content (AvgIpc) is 2.55. The molecule has 1 N–H and O–H groups in total. The molecule has 0 bridgehead atoms. The lowest BCUT2D eigenvalue weighted by molar-refractivity contribution is 0.00740. The number of ether oxygens (including phenoxy) is 2. The van der Waals surface area contributed by atoms with Crippen LogP contribution < -0.4 is 10.1 Å². The Hall–Kier alpha value is -1.10. The van der Waals surface area contributed by atoms with E-state index in [-0.39, 0.29) is 6.10 Å². The van der Waals surface area contributed by atoms with E-state index in [1.165, 1.54) is 5.56 Å². The topological polar surface area (TPSA) is 33.7 Å². The van der Waals surface area contributed by atoms with Crippen molar-refractivity contribution in [2.24, 2.45) is 0 Å². The van der Waals surface area contributed by atoms with Crippen LogP contribution in [-0.4, -0.2) is 56.9 Å². The predicted octanol–water partition coefficient (Wildman–Crippen LogP) is 1.69. The second-order valence-corrected chi connectivity index (χ2v) is 5.95. The van der Waals surface area contributed by atoms with Crippen LogP contribution in [0.25, 0.3) is 0 Å². The Morgan fingerprint density at radius 2 is 2.19 bits per heavy atom. The number of benzene rings is 1. The molecule has 0 aromatic heterocycles. The second-order valence-electron chi connectivity index (χ2n) is 5.95. The van der Waals surface area contributed by atoms with Crippen molar-refractivity contribution in [1.82, 2.24) is 10.2 Å². The van der Waals surface area contributed by atoms with E-state index in [1.54, 1.807) is 0 Å². The van der Waals surface area contributed by atoms with Crippen molar-refractivity contribution < 1.29 is 9.47 Å². The number of nitrogens with one attached hydrogen (secondary N) is 1. The summed E-state index contributed by atoms with van der Waals surface area (Å²) < 4.78 is 11.5. The van der Waals surface area contributed by atoms with Gasteiger partial charge in [0, 0.05) is 39.3 Å². The number of hydrogen-bond donors (Lipinski definition) is 1. The highest BCUT2D eigenvalue weighted by atomic mass is 16.5. The molecule has 2 heterocycles. The Kier molecular flexibility index (Phi) is 5.49. The van der Waals surface area contributed by atoms with Gasteiger partial charge in [-0.1, -0.05) is 12.1 Å². The molecule has 1 atom stereocenters. The van der Waals surface area contributed by atoms with Gasteiger partial charge in [-0.25, -0.2) is 0 Å². The Morgan fingerprint density at radius 1 is 1.29 bits per heavy atom. The third-order valence-electron chi connectivity index (χ3n) is 4.25. The molecule has 2 saturated heterocycles. The summed E-state index contributed by atoms with van der Waals surface area (Å²) in [6.07, 6.45) is 3.53. The van der Waals surface area contributed by atoms with E-state index < -0.39 is 0 Å². The molecule has 116 valence electrons. The van der Waals surface area contributed by atoms with Gasteiger partial charge >= 0.3 is 0 Å². The lowest BCUT2D eigenvalue weighted by atomic mass is 10.1. The molecule has 1 aromatic rings. The van der Waals surface area contributed by atoms with Crippen LogP contribution >= 0.6 is 0 Å². The first kappa shape index (κ1) is 14.8. The van der Waals surface area contributed by atoms with E-state index in [2.05, 4.69) is 34.5 Å². The predicted molar refractivity (Wildman–Crippen MR) is 83.9 cm³/mol. The number of piperazine rings is 1. The SMILES string of the molecule is c1cc(CCN2CCNCC2)cc(OC2CCCOC2)c1. The zero-order valence-electron chi connectivity index (χ0n) is 12.7. The average molecular weight is 290 g/mol. The molecule has 2 aliphatic rings. The molecule has 2 fully saturated rings. The van der Waals surface area contributed by atoms with Gasteiger partial charge in [0.1, 0.15) is 11.9 Å². The van der Waals surface area contributed by atoms with Gasteiger partial charge in [0.2, 0.25) is 0 Å². The maximum atomic E-state index is 6.04. The molecule has 1 unspecified atom stereocenters. The van der Waals surface area contributed by atoms with Gasteiger partial charge in [-0.15, -0.1) is 0 Å². The number of rotatable bonds is 5. The zero-order valence-corrected chi connectivity index (χ0v) is 12.7. The van der Waals surface area contributed by atoms with E-state index in [4.69, 9.17) is 9.47 Å². The lowest BCUT2D eigenvalue weighted by Gasteiger charge is -2.27. The minimum Gasteiger partial charge on any atom is -0.488 e. The molecular weight excluding hydrogens is 264 g/mol. The molecule has 3 rings (SSSR count). The first-order valence-corrected chi connectivity index (χ1v) is 8.16. The molecule has 21 heavy (non-hydrogen) atoms. The van der Waals surface area contributed by atoms with E-state index in [0.29, 0.717) is 0 Å². The highest BCUT2D eigenvalue weighted by molar-refractivity contribution is 5.29. The summed E-state index contributed by atoms with van der Waals surface area (Å²) in [7, 11) is 0. The van der Waals surface area contributed by atoms with Crippen molar-refractivity contribution in [3.63, 3.8) is 0 Å². The van der Waals surface area contributed by atoms with Crippen LogP contribution in [0, 0.1) is 0 Å². The van der Waals surface area contributed by atoms with Crippen LogP contribution in [-0.2, 0) is 11.2 Å². The van der Waals surface area contributed by atoms with Crippen molar-refractivity contribution in [2.75, 3.05) is 45.9 Å². The van der Waals surface area contributed by atoms with Gasteiger partial charge in [0.25, 0.3) is 0 Å². The third kappa shape index (κ3) is 4.70. The maximum Gasteiger partial charge on any atom is 0.122 e. The van der Waals surface area contributed by atoms with Crippen molar-refractivity contribution in [2.45, 2.75) is 25.4 Å². The van der Waals surface area contributed by atoms with Gasteiger partial charge in [0.15, 0.2) is 0 Å². The van der Waals surface area contributed by atoms with E-state index in [0.717, 1.165) is 70.9 Å². The van der Waals surface area contributed by atoms with Crippen LogP contribution in [0.4, 0.5) is 0 Å². The Labute approximate surface area is 127 Å². The molecular formula is C17H26N2O2. The van der Waals surface area contributed by atoms with Crippen LogP contribution in [0.3, 0.4) is 0 Å². The van der Waals surface area contributed by atoms with Gasteiger partial charge in [0.05, 0.1) is 6.61 Å². The minimum atomic E-state index is 0.224. The molecule has 4 heteroatoms. The minimum absolute atomic E-state index is 0.224. The van der Waals surface area contributed by atoms with Gasteiger partial charge in [-0.3, -0.25) is 0 Å². The normalized spacial score (nSPS) is 23.9. The fourth-order valence-electron chi connectivity index (χ4n) is 2.99. The molecule has 0 spiro atoms. The van der Waals surface area contributed by atoms with Crippen LogP contribution in [0.15, 0.2) is 24.3 Å².